The van der Waals surface area contributed by atoms with Gasteiger partial charge >= 0.3 is 0 Å². The molecule has 0 amide bonds. The molecule has 2 aliphatic carbocycles. The predicted molar refractivity (Wildman–Crippen MR) is 131 cm³/mol. The van der Waals surface area contributed by atoms with Gasteiger partial charge in [-0.15, -0.1) is 22.9 Å². The molecular formula is C25H28ClN3OS. The maximum Gasteiger partial charge on any atom is 0.271 e. The number of thiophene rings is 1. The van der Waals surface area contributed by atoms with E-state index < -0.39 is 0 Å². The highest BCUT2D eigenvalue weighted by Gasteiger charge is 2.20. The lowest BCUT2D eigenvalue weighted by atomic mass is 9.88. The number of piperidine rings is 1. The number of fused-ring (bicyclic) bond motifs is 1. The van der Waals surface area contributed by atoms with Crippen LogP contribution in [0.25, 0.3) is 15.8 Å². The van der Waals surface area contributed by atoms with Crippen LogP contribution in [0.15, 0.2) is 57.8 Å². The van der Waals surface area contributed by atoms with Gasteiger partial charge in [0.25, 0.3) is 5.56 Å². The molecule has 3 aliphatic rings. The number of nitrogens with zero attached hydrogens (tertiary/aromatic N) is 3. The van der Waals surface area contributed by atoms with E-state index in [1.54, 1.807) is 0 Å². The SMILES string of the molecule is O=c1c2sccc2nc(C2=CC=C(C3=CC=CC(Cl)C3)CC2)n1CCN1CCCCC1. The first kappa shape index (κ1) is 20.9. The average molecular weight is 454 g/mol. The fraction of sp³-hybridized carbons (Fsp3) is 0.440. The van der Waals surface area contributed by atoms with Crippen LogP contribution in [0, 0.1) is 0 Å². The van der Waals surface area contributed by atoms with Gasteiger partial charge in [-0.3, -0.25) is 9.36 Å². The molecule has 0 bridgehead atoms. The second kappa shape index (κ2) is 9.27. The Morgan fingerprint density at radius 2 is 1.84 bits per heavy atom. The third-order valence-corrected chi connectivity index (χ3v) is 7.73. The molecule has 162 valence electrons. The Morgan fingerprint density at radius 3 is 2.61 bits per heavy atom. The van der Waals surface area contributed by atoms with Crippen LogP contribution in [0.5, 0.6) is 0 Å². The highest BCUT2D eigenvalue weighted by atomic mass is 35.5. The van der Waals surface area contributed by atoms with Crippen LogP contribution in [-0.2, 0) is 6.54 Å². The second-order valence-electron chi connectivity index (χ2n) is 8.61. The first-order valence-electron chi connectivity index (χ1n) is 11.3. The fourth-order valence-electron chi connectivity index (χ4n) is 4.79. The number of halogens is 1. The number of hydrogen-bond donors (Lipinski definition) is 0. The summed E-state index contributed by atoms with van der Waals surface area (Å²) in [6.07, 6.45) is 17.2. The molecule has 1 saturated heterocycles. The average Bonchev–Trinajstić information content (AvgIpc) is 3.28. The van der Waals surface area contributed by atoms with Gasteiger partial charge in [-0.25, -0.2) is 4.98 Å². The molecule has 0 aromatic carbocycles. The Kier molecular flexibility index (Phi) is 6.26. The van der Waals surface area contributed by atoms with Gasteiger partial charge in [0, 0.05) is 13.1 Å². The summed E-state index contributed by atoms with van der Waals surface area (Å²) in [7, 11) is 0. The van der Waals surface area contributed by atoms with E-state index in [1.165, 1.54) is 41.7 Å². The molecule has 2 aromatic heterocycles. The Bertz CT molecular complexity index is 1150. The van der Waals surface area contributed by atoms with Gasteiger partial charge in [0.05, 0.1) is 10.9 Å². The molecule has 0 radical (unpaired) electrons. The zero-order valence-corrected chi connectivity index (χ0v) is 19.3. The number of aromatic nitrogens is 2. The van der Waals surface area contributed by atoms with Crippen molar-refractivity contribution < 1.29 is 0 Å². The van der Waals surface area contributed by atoms with E-state index in [-0.39, 0.29) is 10.9 Å². The van der Waals surface area contributed by atoms with Crippen molar-refractivity contribution in [3.05, 3.63) is 69.2 Å². The van der Waals surface area contributed by atoms with Crippen LogP contribution < -0.4 is 5.56 Å². The number of likely N-dealkylation sites (tertiary alicyclic amines) is 1. The number of alkyl halides is 1. The maximum atomic E-state index is 13.3. The van der Waals surface area contributed by atoms with Crippen LogP contribution in [0.2, 0.25) is 0 Å². The molecule has 4 nitrogen and oxygen atoms in total. The fourth-order valence-corrected chi connectivity index (χ4v) is 5.82. The summed E-state index contributed by atoms with van der Waals surface area (Å²) in [5, 5.41) is 2.05. The van der Waals surface area contributed by atoms with Gasteiger partial charge in [-0.1, -0.05) is 36.8 Å². The molecular weight excluding hydrogens is 426 g/mol. The van der Waals surface area contributed by atoms with Gasteiger partial charge in [-0.2, -0.15) is 0 Å². The molecule has 6 heteroatoms. The van der Waals surface area contributed by atoms with E-state index in [4.69, 9.17) is 16.6 Å². The monoisotopic (exact) mass is 453 g/mol. The molecule has 1 atom stereocenters. The molecule has 1 fully saturated rings. The quantitative estimate of drug-likeness (QED) is 0.558. The zero-order valence-electron chi connectivity index (χ0n) is 17.7. The Morgan fingerprint density at radius 1 is 1.03 bits per heavy atom. The van der Waals surface area contributed by atoms with Gasteiger partial charge in [0.2, 0.25) is 0 Å². The van der Waals surface area contributed by atoms with Crippen LogP contribution in [0.1, 0.15) is 44.3 Å². The summed E-state index contributed by atoms with van der Waals surface area (Å²) in [5.74, 6) is 0.843. The van der Waals surface area contributed by atoms with Crippen molar-refractivity contribution in [1.82, 2.24) is 14.5 Å². The minimum absolute atomic E-state index is 0.0777. The lowest BCUT2D eigenvalue weighted by Crippen LogP contribution is -2.35. The van der Waals surface area contributed by atoms with E-state index in [2.05, 4.69) is 29.2 Å². The van der Waals surface area contributed by atoms with E-state index in [0.717, 1.165) is 60.5 Å². The topological polar surface area (TPSA) is 38.1 Å². The molecule has 0 spiro atoms. The summed E-state index contributed by atoms with van der Waals surface area (Å²) in [6, 6.07) is 1.96. The largest absolute Gasteiger partial charge is 0.302 e. The standard InChI is InChI=1S/C25H28ClN3OS/c26-21-6-4-5-20(17-21)18-7-9-19(10-8-18)24-27-22-11-16-31-23(22)25(30)29(24)15-14-28-12-2-1-3-13-28/h4-7,9,11,16,21H,1-3,8,10,12-15,17H2. The van der Waals surface area contributed by atoms with Crippen LogP contribution in [-0.4, -0.2) is 39.5 Å². The van der Waals surface area contributed by atoms with Crippen LogP contribution in [0.3, 0.4) is 0 Å². The normalized spacial score (nSPS) is 22.4. The number of allylic oxidation sites excluding steroid dienone is 8. The minimum Gasteiger partial charge on any atom is -0.302 e. The first-order valence-corrected chi connectivity index (χ1v) is 12.6. The van der Waals surface area contributed by atoms with Gasteiger partial charge in [0.15, 0.2) is 0 Å². The number of rotatable bonds is 5. The summed E-state index contributed by atoms with van der Waals surface area (Å²) in [6.45, 7) is 3.89. The summed E-state index contributed by atoms with van der Waals surface area (Å²) in [5.41, 5.74) is 4.74. The third-order valence-electron chi connectivity index (χ3n) is 6.54. The Balaban J connectivity index is 1.46. The molecule has 1 unspecified atom stereocenters. The molecule has 31 heavy (non-hydrogen) atoms. The first-order chi connectivity index (χ1) is 15.2. The van der Waals surface area contributed by atoms with Crippen molar-refractivity contribution in [1.29, 1.82) is 0 Å². The molecule has 3 heterocycles. The summed E-state index contributed by atoms with van der Waals surface area (Å²) >= 11 is 7.81. The van der Waals surface area contributed by atoms with Crippen molar-refractivity contribution in [3.63, 3.8) is 0 Å². The lowest BCUT2D eigenvalue weighted by Gasteiger charge is -2.27. The minimum atomic E-state index is 0.0777. The van der Waals surface area contributed by atoms with E-state index in [1.807, 2.05) is 22.1 Å². The van der Waals surface area contributed by atoms with Crippen molar-refractivity contribution in [3.8, 4) is 0 Å². The van der Waals surface area contributed by atoms with Crippen molar-refractivity contribution in [2.24, 2.45) is 0 Å². The highest BCUT2D eigenvalue weighted by Crippen LogP contribution is 2.33. The molecule has 1 aliphatic heterocycles. The summed E-state index contributed by atoms with van der Waals surface area (Å²) in [4.78, 5) is 20.7. The predicted octanol–water partition coefficient (Wildman–Crippen LogP) is 5.54. The van der Waals surface area contributed by atoms with Gasteiger partial charge in [-0.05, 0) is 73.4 Å². The van der Waals surface area contributed by atoms with Gasteiger partial charge < -0.3 is 4.90 Å². The van der Waals surface area contributed by atoms with Crippen molar-refractivity contribution in [2.75, 3.05) is 19.6 Å². The lowest BCUT2D eigenvalue weighted by molar-refractivity contribution is 0.219. The van der Waals surface area contributed by atoms with E-state index >= 15 is 0 Å². The van der Waals surface area contributed by atoms with Crippen molar-refractivity contribution >= 4 is 38.7 Å². The van der Waals surface area contributed by atoms with E-state index in [0.29, 0.717) is 6.54 Å². The van der Waals surface area contributed by atoms with Crippen molar-refractivity contribution in [2.45, 2.75) is 50.4 Å². The zero-order chi connectivity index (χ0) is 21.2. The smallest absolute Gasteiger partial charge is 0.271 e. The Hall–Kier alpha value is -1.95. The van der Waals surface area contributed by atoms with Crippen LogP contribution >= 0.6 is 22.9 Å². The molecule has 2 aromatic rings. The molecule has 0 N–H and O–H groups in total. The highest BCUT2D eigenvalue weighted by molar-refractivity contribution is 7.17. The van der Waals surface area contributed by atoms with E-state index in [9.17, 15) is 4.79 Å². The molecule has 5 rings (SSSR count). The van der Waals surface area contributed by atoms with Crippen LogP contribution in [0.4, 0.5) is 0 Å². The third kappa shape index (κ3) is 4.50. The Labute approximate surface area is 192 Å². The number of hydrogen-bond acceptors (Lipinski definition) is 4. The maximum absolute atomic E-state index is 13.3. The summed E-state index contributed by atoms with van der Waals surface area (Å²) < 4.78 is 2.69. The van der Waals surface area contributed by atoms with Gasteiger partial charge in [0.1, 0.15) is 10.5 Å². The second-order valence-corrected chi connectivity index (χ2v) is 10.1. The molecule has 0 saturated carbocycles.